The van der Waals surface area contributed by atoms with E-state index in [0.29, 0.717) is 12.1 Å². The maximum Gasteiger partial charge on any atom is 0.255 e. The summed E-state index contributed by atoms with van der Waals surface area (Å²) in [4.78, 5) is 35.5. The monoisotopic (exact) mass is 343 g/mol. The summed E-state index contributed by atoms with van der Waals surface area (Å²) in [6, 6.07) is 10.4. The number of hydrogen-bond donors (Lipinski definition) is 3. The molecule has 1 aromatic carbocycles. The summed E-state index contributed by atoms with van der Waals surface area (Å²) in [6.45, 7) is 2.22. The van der Waals surface area contributed by atoms with Gasteiger partial charge in [0.2, 0.25) is 11.8 Å². The van der Waals surface area contributed by atoms with Crippen molar-refractivity contribution in [3.63, 3.8) is 0 Å². The van der Waals surface area contributed by atoms with Crippen molar-refractivity contribution in [3.8, 4) is 0 Å². The number of hydrogen-bond acceptors (Lipinski definition) is 4. The first-order chi connectivity index (χ1) is 12.1. The first-order valence-electron chi connectivity index (χ1n) is 7.97. The standard InChI is InChI=1S/C18H21N3O4/c1-13(21-18(24)15-8-10-25-12-15)17(23)19-9-7-16(22)20-11-14-5-3-2-4-6-14/h2-6,8,10,12-13H,7,9,11H2,1H3,(H,19,23)(H,20,22)(H,21,24)/t13-/m1/s1. The van der Waals surface area contributed by atoms with Gasteiger partial charge < -0.3 is 20.4 Å². The quantitative estimate of drug-likeness (QED) is 0.671. The van der Waals surface area contributed by atoms with Gasteiger partial charge in [-0.2, -0.15) is 0 Å². The molecular weight excluding hydrogens is 322 g/mol. The molecule has 132 valence electrons. The van der Waals surface area contributed by atoms with Crippen LogP contribution in [0.1, 0.15) is 29.3 Å². The zero-order chi connectivity index (χ0) is 18.1. The molecule has 0 bridgehead atoms. The summed E-state index contributed by atoms with van der Waals surface area (Å²) in [7, 11) is 0. The number of nitrogens with one attached hydrogen (secondary N) is 3. The van der Waals surface area contributed by atoms with E-state index in [9.17, 15) is 14.4 Å². The van der Waals surface area contributed by atoms with Crippen LogP contribution in [-0.4, -0.2) is 30.3 Å². The molecule has 7 heteroatoms. The highest BCUT2D eigenvalue weighted by Crippen LogP contribution is 2.00. The van der Waals surface area contributed by atoms with Crippen molar-refractivity contribution in [2.24, 2.45) is 0 Å². The fourth-order valence-corrected chi connectivity index (χ4v) is 2.08. The molecule has 1 atom stereocenters. The number of benzene rings is 1. The molecule has 2 rings (SSSR count). The molecule has 1 heterocycles. The Bertz CT molecular complexity index is 698. The lowest BCUT2D eigenvalue weighted by atomic mass is 10.2. The van der Waals surface area contributed by atoms with Crippen molar-refractivity contribution in [1.82, 2.24) is 16.0 Å². The van der Waals surface area contributed by atoms with E-state index in [1.807, 2.05) is 30.3 Å². The van der Waals surface area contributed by atoms with Gasteiger partial charge in [0.15, 0.2) is 0 Å². The van der Waals surface area contributed by atoms with Crippen molar-refractivity contribution >= 4 is 17.7 Å². The first-order valence-corrected chi connectivity index (χ1v) is 7.97. The minimum Gasteiger partial charge on any atom is -0.472 e. The van der Waals surface area contributed by atoms with Gasteiger partial charge in [-0.05, 0) is 18.6 Å². The van der Waals surface area contributed by atoms with E-state index in [2.05, 4.69) is 16.0 Å². The average Bonchev–Trinajstić information content (AvgIpc) is 3.15. The molecular formula is C18H21N3O4. The van der Waals surface area contributed by atoms with Crippen LogP contribution in [-0.2, 0) is 16.1 Å². The molecule has 0 aliphatic rings. The minimum atomic E-state index is -0.713. The van der Waals surface area contributed by atoms with Gasteiger partial charge in [0, 0.05) is 19.5 Å². The maximum absolute atomic E-state index is 11.9. The summed E-state index contributed by atoms with van der Waals surface area (Å²) >= 11 is 0. The van der Waals surface area contributed by atoms with Gasteiger partial charge in [-0.15, -0.1) is 0 Å². The van der Waals surface area contributed by atoms with Crippen molar-refractivity contribution in [2.75, 3.05) is 6.54 Å². The Morgan fingerprint density at radius 1 is 1.08 bits per heavy atom. The van der Waals surface area contributed by atoms with Gasteiger partial charge in [0.05, 0.1) is 11.8 Å². The number of furan rings is 1. The SMILES string of the molecule is C[C@@H](NC(=O)c1ccoc1)C(=O)NCCC(=O)NCc1ccccc1. The molecule has 3 N–H and O–H groups in total. The Kier molecular flexibility index (Phi) is 6.76. The van der Waals surface area contributed by atoms with Crippen LogP contribution in [0, 0.1) is 0 Å². The summed E-state index contributed by atoms with van der Waals surface area (Å²) in [6.07, 6.45) is 2.85. The van der Waals surface area contributed by atoms with Crippen molar-refractivity contribution < 1.29 is 18.8 Å². The fourth-order valence-electron chi connectivity index (χ4n) is 2.08. The molecule has 2 aromatic rings. The third-order valence-electron chi connectivity index (χ3n) is 3.51. The van der Waals surface area contributed by atoms with E-state index in [0.717, 1.165) is 5.56 Å². The highest BCUT2D eigenvalue weighted by molar-refractivity contribution is 5.97. The lowest BCUT2D eigenvalue weighted by Gasteiger charge is -2.13. The zero-order valence-electron chi connectivity index (χ0n) is 14.0. The Morgan fingerprint density at radius 3 is 2.52 bits per heavy atom. The maximum atomic E-state index is 11.9. The lowest BCUT2D eigenvalue weighted by molar-refractivity contribution is -0.123. The van der Waals surface area contributed by atoms with Crippen LogP contribution >= 0.6 is 0 Å². The highest BCUT2D eigenvalue weighted by atomic mass is 16.3. The molecule has 0 unspecified atom stereocenters. The Labute approximate surface area is 145 Å². The van der Waals surface area contributed by atoms with Crippen LogP contribution in [0.3, 0.4) is 0 Å². The molecule has 0 radical (unpaired) electrons. The molecule has 0 spiro atoms. The third kappa shape index (κ3) is 6.14. The average molecular weight is 343 g/mol. The van der Waals surface area contributed by atoms with E-state index in [-0.39, 0.29) is 24.8 Å². The zero-order valence-corrected chi connectivity index (χ0v) is 14.0. The summed E-state index contributed by atoms with van der Waals surface area (Å²) in [5.41, 5.74) is 1.36. The number of carbonyl (C=O) groups is 3. The fraction of sp³-hybridized carbons (Fsp3) is 0.278. The second-order valence-corrected chi connectivity index (χ2v) is 5.51. The number of carbonyl (C=O) groups excluding carboxylic acids is 3. The highest BCUT2D eigenvalue weighted by Gasteiger charge is 2.17. The van der Waals surface area contributed by atoms with Gasteiger partial charge in [-0.3, -0.25) is 14.4 Å². The van der Waals surface area contributed by atoms with Gasteiger partial charge in [0.1, 0.15) is 12.3 Å². The predicted octanol–water partition coefficient (Wildman–Crippen LogP) is 1.22. The summed E-state index contributed by atoms with van der Waals surface area (Å²) in [5, 5.41) is 7.96. The second kappa shape index (κ2) is 9.27. The van der Waals surface area contributed by atoms with Crippen molar-refractivity contribution in [3.05, 3.63) is 60.1 Å². The van der Waals surface area contributed by atoms with E-state index in [1.54, 1.807) is 6.92 Å². The van der Waals surface area contributed by atoms with Crippen LogP contribution in [0.4, 0.5) is 0 Å². The largest absolute Gasteiger partial charge is 0.472 e. The molecule has 0 aliphatic carbocycles. The van der Waals surface area contributed by atoms with Gasteiger partial charge in [-0.1, -0.05) is 30.3 Å². The van der Waals surface area contributed by atoms with Gasteiger partial charge in [0.25, 0.3) is 5.91 Å². The smallest absolute Gasteiger partial charge is 0.255 e. The van der Waals surface area contributed by atoms with Crippen LogP contribution in [0.15, 0.2) is 53.3 Å². The first kappa shape index (κ1) is 18.3. The molecule has 0 fully saturated rings. The van der Waals surface area contributed by atoms with Crippen LogP contribution in [0.5, 0.6) is 0 Å². The van der Waals surface area contributed by atoms with Crippen LogP contribution < -0.4 is 16.0 Å². The molecule has 3 amide bonds. The van der Waals surface area contributed by atoms with E-state index in [4.69, 9.17) is 4.42 Å². The summed E-state index contributed by atoms with van der Waals surface area (Å²) < 4.78 is 4.82. The van der Waals surface area contributed by atoms with E-state index >= 15 is 0 Å². The topological polar surface area (TPSA) is 100 Å². The molecule has 25 heavy (non-hydrogen) atoms. The minimum absolute atomic E-state index is 0.153. The van der Waals surface area contributed by atoms with Gasteiger partial charge in [-0.25, -0.2) is 0 Å². The molecule has 1 aromatic heterocycles. The molecule has 0 saturated heterocycles. The normalized spacial score (nSPS) is 11.4. The molecule has 0 saturated carbocycles. The predicted molar refractivity (Wildman–Crippen MR) is 91.6 cm³/mol. The van der Waals surface area contributed by atoms with Crippen LogP contribution in [0.2, 0.25) is 0 Å². The number of rotatable bonds is 8. The second-order valence-electron chi connectivity index (χ2n) is 5.51. The molecule has 7 nitrogen and oxygen atoms in total. The summed E-state index contributed by atoms with van der Waals surface area (Å²) in [5.74, 6) is -0.899. The van der Waals surface area contributed by atoms with E-state index in [1.165, 1.54) is 18.6 Å². The van der Waals surface area contributed by atoms with Crippen molar-refractivity contribution in [1.29, 1.82) is 0 Å². The molecule has 0 aliphatic heterocycles. The van der Waals surface area contributed by atoms with Gasteiger partial charge >= 0.3 is 0 Å². The Hall–Kier alpha value is -3.09. The Balaban J connectivity index is 1.64. The third-order valence-corrected chi connectivity index (χ3v) is 3.51. The lowest BCUT2D eigenvalue weighted by Crippen LogP contribution is -2.45. The van der Waals surface area contributed by atoms with Crippen molar-refractivity contribution in [2.45, 2.75) is 25.9 Å². The Morgan fingerprint density at radius 2 is 1.84 bits per heavy atom. The number of amides is 3. The van der Waals surface area contributed by atoms with E-state index < -0.39 is 11.9 Å². The van der Waals surface area contributed by atoms with Crippen LogP contribution in [0.25, 0.3) is 0 Å².